The van der Waals surface area contributed by atoms with Gasteiger partial charge in [0.15, 0.2) is 0 Å². The Bertz CT molecular complexity index is 655. The molecular formula is C13H14F3NO4S. The first-order chi connectivity index (χ1) is 10.1. The average Bonchev–Trinajstić information content (AvgIpc) is 2.43. The van der Waals surface area contributed by atoms with Crippen molar-refractivity contribution in [3.63, 3.8) is 0 Å². The van der Waals surface area contributed by atoms with Crippen molar-refractivity contribution in [2.45, 2.75) is 24.1 Å². The zero-order chi connectivity index (χ0) is 17.0. The Hall–Kier alpha value is -1.87. The maximum atomic E-state index is 12.6. The molecule has 0 fully saturated rings. The van der Waals surface area contributed by atoms with Crippen LogP contribution in [0.2, 0.25) is 0 Å². The summed E-state index contributed by atoms with van der Waals surface area (Å²) < 4.78 is 68.2. The van der Waals surface area contributed by atoms with Crippen LogP contribution in [0.3, 0.4) is 0 Å². The van der Waals surface area contributed by atoms with Crippen molar-refractivity contribution in [1.29, 1.82) is 0 Å². The molecule has 5 nitrogen and oxygen atoms in total. The van der Waals surface area contributed by atoms with Crippen LogP contribution in [-0.2, 0) is 25.7 Å². The molecule has 1 amide bonds. The predicted molar refractivity (Wildman–Crippen MR) is 72.4 cm³/mol. The summed E-state index contributed by atoms with van der Waals surface area (Å²) in [4.78, 5) is 11.0. The van der Waals surface area contributed by atoms with Crippen molar-refractivity contribution < 1.29 is 31.1 Å². The fourth-order valence-electron chi connectivity index (χ4n) is 1.40. The van der Waals surface area contributed by atoms with E-state index >= 15 is 0 Å². The van der Waals surface area contributed by atoms with E-state index in [4.69, 9.17) is 4.74 Å². The van der Waals surface area contributed by atoms with E-state index < -0.39 is 38.7 Å². The van der Waals surface area contributed by atoms with Crippen molar-refractivity contribution in [2.75, 3.05) is 6.61 Å². The lowest BCUT2D eigenvalue weighted by atomic mass is 10.2. The SMILES string of the molecule is C=CCO[C@H](C)C(=O)NS(=O)(=O)c1cccc(C(F)(F)F)c1. The van der Waals surface area contributed by atoms with Crippen LogP contribution in [0.4, 0.5) is 13.2 Å². The number of alkyl halides is 3. The van der Waals surface area contributed by atoms with Gasteiger partial charge in [0.25, 0.3) is 15.9 Å². The summed E-state index contributed by atoms with van der Waals surface area (Å²) in [5.41, 5.74) is -1.13. The number of rotatable bonds is 6. The van der Waals surface area contributed by atoms with E-state index in [9.17, 15) is 26.4 Å². The Balaban J connectivity index is 2.96. The number of hydrogen-bond donors (Lipinski definition) is 1. The highest BCUT2D eigenvalue weighted by atomic mass is 32.2. The molecule has 0 unspecified atom stereocenters. The Morgan fingerprint density at radius 1 is 1.45 bits per heavy atom. The second kappa shape index (κ2) is 6.93. The topological polar surface area (TPSA) is 72.5 Å². The highest BCUT2D eigenvalue weighted by molar-refractivity contribution is 7.90. The van der Waals surface area contributed by atoms with Crippen molar-refractivity contribution >= 4 is 15.9 Å². The number of halogens is 3. The zero-order valence-electron chi connectivity index (χ0n) is 11.6. The van der Waals surface area contributed by atoms with Crippen LogP contribution in [0, 0.1) is 0 Å². The summed E-state index contributed by atoms with van der Waals surface area (Å²) in [7, 11) is -4.42. The molecule has 0 saturated carbocycles. The molecule has 0 bridgehead atoms. The van der Waals surface area contributed by atoms with Crippen LogP contribution in [0.5, 0.6) is 0 Å². The van der Waals surface area contributed by atoms with Gasteiger partial charge in [0.05, 0.1) is 17.1 Å². The van der Waals surface area contributed by atoms with Crippen LogP contribution in [0.15, 0.2) is 41.8 Å². The van der Waals surface area contributed by atoms with Gasteiger partial charge in [-0.15, -0.1) is 6.58 Å². The molecule has 1 aromatic carbocycles. The predicted octanol–water partition coefficient (Wildman–Crippen LogP) is 2.10. The largest absolute Gasteiger partial charge is 0.416 e. The summed E-state index contributed by atoms with van der Waals surface area (Å²) in [6.07, 6.45) is -4.42. The molecule has 122 valence electrons. The van der Waals surface area contributed by atoms with E-state index in [1.54, 1.807) is 4.72 Å². The van der Waals surface area contributed by atoms with Gasteiger partial charge in [-0.2, -0.15) is 13.2 Å². The van der Waals surface area contributed by atoms with E-state index in [1.807, 2.05) is 0 Å². The summed E-state index contributed by atoms with van der Waals surface area (Å²) in [6, 6.07) is 3.08. The van der Waals surface area contributed by atoms with Crippen molar-refractivity contribution in [3.8, 4) is 0 Å². The van der Waals surface area contributed by atoms with Gasteiger partial charge in [0, 0.05) is 0 Å². The van der Waals surface area contributed by atoms with E-state index in [2.05, 4.69) is 6.58 Å². The van der Waals surface area contributed by atoms with Gasteiger partial charge >= 0.3 is 6.18 Å². The van der Waals surface area contributed by atoms with Crippen LogP contribution in [0.25, 0.3) is 0 Å². The standard InChI is InChI=1S/C13H14F3NO4S/c1-3-7-21-9(2)12(18)17-22(19,20)11-6-4-5-10(8-11)13(14,15)16/h3-6,8-9H,1,7H2,2H3,(H,17,18)/t9-/m1/s1. The summed E-state index contributed by atoms with van der Waals surface area (Å²) in [5, 5.41) is 0. The molecule has 1 N–H and O–H groups in total. The van der Waals surface area contributed by atoms with Gasteiger partial charge in [0.2, 0.25) is 0 Å². The third-order valence-corrected chi connectivity index (χ3v) is 3.88. The number of nitrogens with one attached hydrogen (secondary N) is 1. The lowest BCUT2D eigenvalue weighted by Crippen LogP contribution is -2.38. The van der Waals surface area contributed by atoms with Crippen LogP contribution < -0.4 is 4.72 Å². The van der Waals surface area contributed by atoms with Crippen LogP contribution in [0.1, 0.15) is 12.5 Å². The van der Waals surface area contributed by atoms with E-state index in [0.717, 1.165) is 18.2 Å². The van der Waals surface area contributed by atoms with Gasteiger partial charge in [-0.1, -0.05) is 12.1 Å². The minimum atomic E-state index is -4.68. The summed E-state index contributed by atoms with van der Waals surface area (Å²) >= 11 is 0. The molecule has 1 rings (SSSR count). The molecule has 1 atom stereocenters. The van der Waals surface area contributed by atoms with Gasteiger partial charge in [0.1, 0.15) is 6.10 Å². The fourth-order valence-corrected chi connectivity index (χ4v) is 2.49. The molecule has 0 aliphatic rings. The van der Waals surface area contributed by atoms with Gasteiger partial charge in [-0.05, 0) is 25.1 Å². The highest BCUT2D eigenvalue weighted by Gasteiger charge is 2.32. The molecule has 22 heavy (non-hydrogen) atoms. The molecule has 0 spiro atoms. The molecule has 1 aromatic rings. The quantitative estimate of drug-likeness (QED) is 0.807. The summed E-state index contributed by atoms with van der Waals surface area (Å²) in [5.74, 6) is -0.987. The smallest absolute Gasteiger partial charge is 0.365 e. The lowest BCUT2D eigenvalue weighted by molar-refractivity contribution is -0.137. The maximum Gasteiger partial charge on any atom is 0.416 e. The van der Waals surface area contributed by atoms with Gasteiger partial charge in [-0.3, -0.25) is 4.79 Å². The van der Waals surface area contributed by atoms with E-state index in [0.29, 0.717) is 6.07 Å². The molecule has 9 heteroatoms. The lowest BCUT2D eigenvalue weighted by Gasteiger charge is -2.13. The molecule has 0 aliphatic carbocycles. The second-order valence-electron chi connectivity index (χ2n) is 4.26. The molecule has 0 aliphatic heterocycles. The van der Waals surface area contributed by atoms with Crippen LogP contribution >= 0.6 is 0 Å². The van der Waals surface area contributed by atoms with Crippen molar-refractivity contribution in [1.82, 2.24) is 4.72 Å². The number of carbonyl (C=O) groups excluding carboxylic acids is 1. The number of sulfonamides is 1. The number of hydrogen-bond acceptors (Lipinski definition) is 4. The monoisotopic (exact) mass is 337 g/mol. The van der Waals surface area contributed by atoms with Crippen molar-refractivity contribution in [3.05, 3.63) is 42.5 Å². The number of amides is 1. The Kier molecular flexibility index (Phi) is 5.72. The molecular weight excluding hydrogens is 323 g/mol. The number of benzene rings is 1. The molecule has 0 radical (unpaired) electrons. The number of ether oxygens (including phenoxy) is 1. The summed E-state index contributed by atoms with van der Waals surface area (Å²) in [6.45, 7) is 4.70. The molecule has 0 saturated heterocycles. The zero-order valence-corrected chi connectivity index (χ0v) is 12.4. The third-order valence-electron chi connectivity index (χ3n) is 2.54. The van der Waals surface area contributed by atoms with Gasteiger partial charge < -0.3 is 4.74 Å². The second-order valence-corrected chi connectivity index (χ2v) is 5.94. The minimum absolute atomic E-state index is 0.0260. The Labute approximate surface area is 125 Å². The van der Waals surface area contributed by atoms with Crippen molar-refractivity contribution in [2.24, 2.45) is 0 Å². The maximum absolute atomic E-state index is 12.6. The van der Waals surface area contributed by atoms with Gasteiger partial charge in [-0.25, -0.2) is 13.1 Å². The number of carbonyl (C=O) groups is 1. The Morgan fingerprint density at radius 2 is 2.09 bits per heavy atom. The Morgan fingerprint density at radius 3 is 2.64 bits per heavy atom. The first-order valence-corrected chi connectivity index (χ1v) is 7.52. The third kappa shape index (κ3) is 4.85. The molecule has 0 heterocycles. The fraction of sp³-hybridized carbons (Fsp3) is 0.308. The average molecular weight is 337 g/mol. The van der Waals surface area contributed by atoms with Crippen LogP contribution in [-0.4, -0.2) is 27.0 Å². The highest BCUT2D eigenvalue weighted by Crippen LogP contribution is 2.30. The van der Waals surface area contributed by atoms with E-state index in [1.165, 1.54) is 13.0 Å². The molecule has 0 aromatic heterocycles. The first-order valence-electron chi connectivity index (χ1n) is 6.04. The minimum Gasteiger partial charge on any atom is -0.365 e. The van der Waals surface area contributed by atoms with E-state index in [-0.39, 0.29) is 6.61 Å². The normalized spacial score (nSPS) is 13.5. The first kappa shape index (κ1) is 18.2.